The molecule has 3 heterocycles. The highest BCUT2D eigenvalue weighted by atomic mass is 16.5. The molecule has 13 heteroatoms. The number of rotatable bonds is 11. The molecule has 0 radical (unpaired) electrons. The van der Waals surface area contributed by atoms with Gasteiger partial charge in [-0.05, 0) is 50.1 Å². The first-order valence-corrected chi connectivity index (χ1v) is 16.7. The van der Waals surface area contributed by atoms with Crippen LogP contribution in [-0.4, -0.2) is 70.5 Å². The number of aromatic nitrogens is 3. The summed E-state index contributed by atoms with van der Waals surface area (Å²) in [6.07, 6.45) is 4.39. The van der Waals surface area contributed by atoms with Crippen molar-refractivity contribution in [3.63, 3.8) is 0 Å². The van der Waals surface area contributed by atoms with Crippen molar-refractivity contribution in [3.05, 3.63) is 96.3 Å². The average Bonchev–Trinajstić information content (AvgIpc) is 3.53. The third kappa shape index (κ3) is 8.55. The van der Waals surface area contributed by atoms with Gasteiger partial charge in [0.05, 0.1) is 36.8 Å². The average molecular weight is 677 g/mol. The number of hydrogen-bond donors (Lipinski definition) is 4. The van der Waals surface area contributed by atoms with Crippen LogP contribution in [0.25, 0.3) is 16.5 Å². The maximum Gasteiger partial charge on any atom is 0.324 e. The predicted molar refractivity (Wildman–Crippen MR) is 192 cm³/mol. The van der Waals surface area contributed by atoms with Gasteiger partial charge in [-0.15, -0.1) is 0 Å². The normalized spacial score (nSPS) is 12.7. The highest BCUT2D eigenvalue weighted by Gasteiger charge is 2.18. The molecule has 5 amide bonds. The number of unbranched alkanes of at least 4 members (excludes halogenated alkanes) is 1. The van der Waals surface area contributed by atoms with Crippen molar-refractivity contribution in [3.8, 4) is 17.2 Å². The van der Waals surface area contributed by atoms with Gasteiger partial charge in [-0.2, -0.15) is 5.10 Å². The van der Waals surface area contributed by atoms with Crippen LogP contribution in [0, 0.1) is 6.92 Å². The molecule has 1 aliphatic heterocycles. The van der Waals surface area contributed by atoms with E-state index in [1.54, 1.807) is 33.8 Å². The van der Waals surface area contributed by atoms with Crippen LogP contribution in [-0.2, 0) is 16.0 Å². The lowest BCUT2D eigenvalue weighted by Crippen LogP contribution is -2.47. The molecular weight excluding hydrogens is 636 g/mol. The second-order valence-corrected chi connectivity index (χ2v) is 11.9. The molecule has 50 heavy (non-hydrogen) atoms. The third-order valence-electron chi connectivity index (χ3n) is 8.12. The van der Waals surface area contributed by atoms with Crippen molar-refractivity contribution in [2.75, 3.05) is 48.8 Å². The van der Waals surface area contributed by atoms with Crippen LogP contribution in [0.4, 0.5) is 26.9 Å². The monoisotopic (exact) mass is 676 g/mol. The summed E-state index contributed by atoms with van der Waals surface area (Å²) in [5, 5.41) is 17.6. The number of hydrogen-bond acceptors (Lipinski definition) is 7. The third-order valence-corrected chi connectivity index (χ3v) is 8.12. The Morgan fingerprint density at radius 3 is 2.46 bits per heavy atom. The number of nitrogens with zero attached hydrogens (tertiary/aromatic N) is 4. The number of carbonyl (C=O) groups excluding carboxylic acids is 3. The molecule has 2 aromatic heterocycles. The summed E-state index contributed by atoms with van der Waals surface area (Å²) in [5.41, 5.74) is 3.50. The van der Waals surface area contributed by atoms with Gasteiger partial charge in [-0.1, -0.05) is 55.3 Å². The van der Waals surface area contributed by atoms with Crippen molar-refractivity contribution in [1.82, 2.24) is 25.0 Å². The topological polar surface area (TPSA) is 152 Å². The van der Waals surface area contributed by atoms with E-state index >= 15 is 0 Å². The molecule has 0 unspecified atom stereocenters. The lowest BCUT2D eigenvalue weighted by atomic mass is 10.1. The number of anilines is 3. The number of pyridine rings is 1. The largest absolute Gasteiger partial charge is 0.457 e. The molecule has 0 saturated carbocycles. The molecular formula is C37H40N8O5. The molecule has 0 aliphatic carbocycles. The molecule has 6 rings (SSSR count). The van der Waals surface area contributed by atoms with Gasteiger partial charge in [0.25, 0.3) is 0 Å². The molecule has 258 valence electrons. The van der Waals surface area contributed by atoms with E-state index in [-0.39, 0.29) is 18.4 Å². The van der Waals surface area contributed by atoms with Crippen molar-refractivity contribution < 1.29 is 23.9 Å². The van der Waals surface area contributed by atoms with Gasteiger partial charge in [0, 0.05) is 42.2 Å². The van der Waals surface area contributed by atoms with E-state index in [1.807, 2.05) is 61.5 Å². The standard InChI is InChI=1S/C37H40N8O5/c1-3-4-7-26-22-34(45(43-26)27-12-10-25(2)11-13-27)42-36(47)40-31-14-15-32(30-9-6-5-8-29(30)31)50-28-16-17-38-33(23-28)41-35(46)24-39-37(48)44-18-20-49-21-19-44/h5-6,8-17,22-23H,3-4,7,18-21,24H2,1-2H3,(H,39,48)(H,38,41,46)(H2,40,42,47). The second kappa shape index (κ2) is 16.0. The molecule has 5 aromatic rings. The fourth-order valence-electron chi connectivity index (χ4n) is 5.51. The van der Waals surface area contributed by atoms with Crippen molar-refractivity contribution in [2.45, 2.75) is 33.1 Å². The Morgan fingerprint density at radius 1 is 0.900 bits per heavy atom. The number of morpholine rings is 1. The molecule has 0 bridgehead atoms. The Labute approximate surface area is 290 Å². The summed E-state index contributed by atoms with van der Waals surface area (Å²) in [6.45, 7) is 5.87. The Hall–Kier alpha value is -5.95. The fraction of sp³-hybridized carbons (Fsp3) is 0.270. The zero-order chi connectivity index (χ0) is 34.9. The number of nitrogens with one attached hydrogen (secondary N) is 4. The number of fused-ring (bicyclic) bond motifs is 1. The summed E-state index contributed by atoms with van der Waals surface area (Å²) in [7, 11) is 0. The Kier molecular flexibility index (Phi) is 10.8. The van der Waals surface area contributed by atoms with Gasteiger partial charge >= 0.3 is 12.1 Å². The molecule has 1 fully saturated rings. The number of amides is 5. The summed E-state index contributed by atoms with van der Waals surface area (Å²) >= 11 is 0. The van der Waals surface area contributed by atoms with Crippen LogP contribution in [0.3, 0.4) is 0 Å². The van der Waals surface area contributed by atoms with Gasteiger partial charge in [0.1, 0.15) is 23.1 Å². The van der Waals surface area contributed by atoms with Crippen LogP contribution >= 0.6 is 0 Å². The molecule has 4 N–H and O–H groups in total. The molecule has 3 aromatic carbocycles. The lowest BCUT2D eigenvalue weighted by molar-refractivity contribution is -0.115. The lowest BCUT2D eigenvalue weighted by Gasteiger charge is -2.26. The molecule has 0 atom stereocenters. The first-order chi connectivity index (χ1) is 24.4. The van der Waals surface area contributed by atoms with Gasteiger partial charge < -0.3 is 30.3 Å². The van der Waals surface area contributed by atoms with Gasteiger partial charge in [0.2, 0.25) is 5.91 Å². The van der Waals surface area contributed by atoms with Gasteiger partial charge in [0.15, 0.2) is 0 Å². The van der Waals surface area contributed by atoms with Crippen LogP contribution in [0.5, 0.6) is 11.5 Å². The second-order valence-electron chi connectivity index (χ2n) is 11.9. The fourth-order valence-corrected chi connectivity index (χ4v) is 5.51. The number of aryl methyl sites for hydroxylation is 2. The smallest absolute Gasteiger partial charge is 0.324 e. The SMILES string of the molecule is CCCCc1cc(NC(=O)Nc2ccc(Oc3ccnc(NC(=O)CNC(=O)N4CCOCC4)c3)c3ccccc23)n(-c2ccc(C)cc2)n1. The van der Waals surface area contributed by atoms with Gasteiger partial charge in [-0.3, -0.25) is 10.1 Å². The van der Waals surface area contributed by atoms with E-state index < -0.39 is 11.9 Å². The van der Waals surface area contributed by atoms with Gasteiger partial charge in [-0.25, -0.2) is 19.3 Å². The summed E-state index contributed by atoms with van der Waals surface area (Å²) < 4.78 is 13.3. The summed E-state index contributed by atoms with van der Waals surface area (Å²) in [4.78, 5) is 44.0. The molecule has 13 nitrogen and oxygen atoms in total. The number of carbonyl (C=O) groups is 3. The van der Waals surface area contributed by atoms with E-state index in [0.29, 0.717) is 49.3 Å². The van der Waals surface area contributed by atoms with Crippen molar-refractivity contribution >= 4 is 46.1 Å². The summed E-state index contributed by atoms with van der Waals surface area (Å²) in [5.74, 6) is 1.41. The van der Waals surface area contributed by atoms with E-state index in [2.05, 4.69) is 33.2 Å². The maximum atomic E-state index is 13.4. The zero-order valence-electron chi connectivity index (χ0n) is 28.1. The van der Waals surface area contributed by atoms with E-state index in [1.165, 1.54) is 6.20 Å². The first kappa shape index (κ1) is 33.9. The van der Waals surface area contributed by atoms with E-state index in [4.69, 9.17) is 14.6 Å². The summed E-state index contributed by atoms with van der Waals surface area (Å²) in [6, 6.07) is 23.6. The Morgan fingerprint density at radius 2 is 1.68 bits per heavy atom. The predicted octanol–water partition coefficient (Wildman–Crippen LogP) is 6.49. The number of ether oxygens (including phenoxy) is 2. The van der Waals surface area contributed by atoms with E-state index in [9.17, 15) is 14.4 Å². The quantitative estimate of drug-likeness (QED) is 0.125. The molecule has 0 spiro atoms. The van der Waals surface area contributed by atoms with Crippen LogP contribution < -0.4 is 26.0 Å². The van der Waals surface area contributed by atoms with Crippen LogP contribution in [0.15, 0.2) is 85.1 Å². The zero-order valence-corrected chi connectivity index (χ0v) is 28.1. The van der Waals surface area contributed by atoms with Crippen molar-refractivity contribution in [1.29, 1.82) is 0 Å². The highest BCUT2D eigenvalue weighted by molar-refractivity contribution is 6.07. The highest BCUT2D eigenvalue weighted by Crippen LogP contribution is 2.35. The minimum Gasteiger partial charge on any atom is -0.457 e. The minimum atomic E-state index is -0.422. The van der Waals surface area contributed by atoms with Crippen molar-refractivity contribution in [2.24, 2.45) is 0 Å². The first-order valence-electron chi connectivity index (χ1n) is 16.7. The maximum absolute atomic E-state index is 13.4. The van der Waals surface area contributed by atoms with Crippen LogP contribution in [0.2, 0.25) is 0 Å². The van der Waals surface area contributed by atoms with Crippen LogP contribution in [0.1, 0.15) is 31.0 Å². The number of urea groups is 2. The van der Waals surface area contributed by atoms with E-state index in [0.717, 1.165) is 47.0 Å². The number of benzene rings is 3. The molecule has 1 saturated heterocycles. The minimum absolute atomic E-state index is 0.204. The molecule has 1 aliphatic rings. The Bertz CT molecular complexity index is 1970. The Balaban J connectivity index is 1.13.